The van der Waals surface area contributed by atoms with E-state index in [1.54, 1.807) is 24.3 Å². The Bertz CT molecular complexity index is 1120. The monoisotopic (exact) mass is 503 g/mol. The van der Waals surface area contributed by atoms with Gasteiger partial charge < -0.3 is 21.1 Å². The minimum atomic E-state index is -0.856. The van der Waals surface area contributed by atoms with E-state index in [-0.39, 0.29) is 13.0 Å². The minimum Gasteiger partial charge on any atom is -0.494 e. The van der Waals surface area contributed by atoms with Gasteiger partial charge in [-0.05, 0) is 49.1 Å². The van der Waals surface area contributed by atoms with Gasteiger partial charge in [-0.3, -0.25) is 14.4 Å². The van der Waals surface area contributed by atoms with Crippen molar-refractivity contribution in [2.24, 2.45) is 5.73 Å². The summed E-state index contributed by atoms with van der Waals surface area (Å²) in [6, 6.07) is 21.3. The number of carbonyl (C=O) groups excluding carboxylic acids is 3. The lowest BCUT2D eigenvalue weighted by Crippen LogP contribution is -2.49. The Morgan fingerprint density at radius 1 is 0.838 bits per heavy atom. The zero-order valence-corrected chi connectivity index (χ0v) is 21.0. The van der Waals surface area contributed by atoms with E-state index in [1.807, 2.05) is 48.5 Å². The molecule has 4 N–H and O–H groups in total. The van der Waals surface area contributed by atoms with E-state index in [4.69, 9.17) is 10.5 Å². The number of pyridine rings is 1. The number of primary amides is 1. The van der Waals surface area contributed by atoms with Crippen LogP contribution >= 0.6 is 0 Å². The van der Waals surface area contributed by atoms with Crippen LogP contribution in [-0.4, -0.2) is 36.9 Å². The molecule has 194 valence electrons. The molecule has 0 bridgehead atoms. The van der Waals surface area contributed by atoms with E-state index >= 15 is 0 Å². The Balaban J connectivity index is 1.32. The molecule has 0 radical (unpaired) electrons. The first-order valence-electron chi connectivity index (χ1n) is 12.6. The highest BCUT2D eigenvalue weighted by Gasteiger charge is 2.19. The maximum absolute atomic E-state index is 12.4. The number of hydrogen-bond acceptors (Lipinski definition) is 4. The number of benzene rings is 2. The van der Waals surface area contributed by atoms with E-state index in [2.05, 4.69) is 27.6 Å². The lowest BCUT2D eigenvalue weighted by Gasteiger charge is -2.16. The molecule has 3 aromatic rings. The number of hydrogen-bond donors (Lipinski definition) is 3. The fraction of sp³-hybridized carbons (Fsp3) is 0.310. The summed E-state index contributed by atoms with van der Waals surface area (Å²) in [5.74, 6) is -0.822. The summed E-state index contributed by atoms with van der Waals surface area (Å²) in [6.45, 7) is 1.37. The van der Waals surface area contributed by atoms with Gasteiger partial charge in [0.15, 0.2) is 12.4 Å². The number of amides is 3. The molecule has 2 aromatic carbocycles. The summed E-state index contributed by atoms with van der Waals surface area (Å²) in [7, 11) is 0. The van der Waals surface area contributed by atoms with Crippen molar-refractivity contribution in [1.82, 2.24) is 10.6 Å². The largest absolute Gasteiger partial charge is 0.494 e. The zero-order valence-electron chi connectivity index (χ0n) is 21.0. The molecule has 0 saturated carbocycles. The number of nitrogens with zero attached hydrogens (tertiary/aromatic N) is 1. The smallest absolute Gasteiger partial charge is 0.251 e. The molecule has 1 aromatic heterocycles. The van der Waals surface area contributed by atoms with Gasteiger partial charge in [-0.2, -0.15) is 0 Å². The molecule has 1 unspecified atom stereocenters. The Morgan fingerprint density at radius 2 is 1.51 bits per heavy atom. The summed E-state index contributed by atoms with van der Waals surface area (Å²) in [5.41, 5.74) is 6.71. The summed E-state index contributed by atoms with van der Waals surface area (Å²) in [5, 5.41) is 5.15. The van der Waals surface area contributed by atoms with Gasteiger partial charge in [-0.1, -0.05) is 36.4 Å². The van der Waals surface area contributed by atoms with Gasteiger partial charge in [0, 0.05) is 30.5 Å². The van der Waals surface area contributed by atoms with Crippen LogP contribution in [0.25, 0.3) is 0 Å². The molecule has 3 amide bonds. The molecule has 8 heteroatoms. The summed E-state index contributed by atoms with van der Waals surface area (Å²) < 4.78 is 7.96. The number of nitrogens with one attached hydrogen (secondary N) is 2. The van der Waals surface area contributed by atoms with Crippen molar-refractivity contribution in [3.63, 3.8) is 0 Å². The predicted octanol–water partition coefficient (Wildman–Crippen LogP) is 2.56. The average molecular weight is 504 g/mol. The van der Waals surface area contributed by atoms with Crippen LogP contribution < -0.4 is 25.7 Å². The normalized spacial score (nSPS) is 11.4. The van der Waals surface area contributed by atoms with Crippen LogP contribution in [0.4, 0.5) is 0 Å². The third kappa shape index (κ3) is 10.1. The van der Waals surface area contributed by atoms with E-state index < -0.39 is 23.8 Å². The average Bonchev–Trinajstić information content (AvgIpc) is 2.92. The molecule has 37 heavy (non-hydrogen) atoms. The third-order valence-corrected chi connectivity index (χ3v) is 5.84. The van der Waals surface area contributed by atoms with Gasteiger partial charge in [0.1, 0.15) is 18.3 Å². The molecule has 0 saturated heterocycles. The van der Waals surface area contributed by atoms with Crippen molar-refractivity contribution < 1.29 is 23.7 Å². The van der Waals surface area contributed by atoms with Crippen LogP contribution in [0.3, 0.4) is 0 Å². The highest BCUT2D eigenvalue weighted by atomic mass is 16.5. The highest BCUT2D eigenvalue weighted by Crippen LogP contribution is 2.13. The number of aromatic nitrogens is 1. The molecule has 0 aliphatic carbocycles. The lowest BCUT2D eigenvalue weighted by molar-refractivity contribution is -0.697. The molecular formula is C29H35N4O4+. The zero-order chi connectivity index (χ0) is 26.3. The van der Waals surface area contributed by atoms with Crippen LogP contribution in [0.2, 0.25) is 0 Å². The molecule has 1 heterocycles. The molecule has 0 fully saturated rings. The molecular weight excluding hydrogens is 468 g/mol. The van der Waals surface area contributed by atoms with Crippen LogP contribution in [-0.2, 0) is 22.6 Å². The van der Waals surface area contributed by atoms with Crippen molar-refractivity contribution >= 4 is 17.7 Å². The fourth-order valence-electron chi connectivity index (χ4n) is 3.81. The Hall–Kier alpha value is -4.20. The van der Waals surface area contributed by atoms with E-state index in [0.717, 1.165) is 37.8 Å². The molecule has 8 nitrogen and oxygen atoms in total. The molecule has 3 rings (SSSR count). The fourth-order valence-corrected chi connectivity index (χ4v) is 3.81. The second kappa shape index (κ2) is 15.0. The van der Waals surface area contributed by atoms with Crippen LogP contribution in [0.1, 0.15) is 41.6 Å². The van der Waals surface area contributed by atoms with Gasteiger partial charge in [0.05, 0.1) is 13.2 Å². The molecule has 0 aliphatic heterocycles. The molecule has 0 spiro atoms. The topological polar surface area (TPSA) is 114 Å². The van der Waals surface area contributed by atoms with Gasteiger partial charge >= 0.3 is 0 Å². The van der Waals surface area contributed by atoms with E-state index in [9.17, 15) is 14.4 Å². The summed E-state index contributed by atoms with van der Waals surface area (Å²) >= 11 is 0. The van der Waals surface area contributed by atoms with Crippen LogP contribution in [0, 0.1) is 0 Å². The maximum Gasteiger partial charge on any atom is 0.251 e. The van der Waals surface area contributed by atoms with Gasteiger partial charge in [-0.15, -0.1) is 0 Å². The Kier molecular flexibility index (Phi) is 11.1. The van der Waals surface area contributed by atoms with Crippen molar-refractivity contribution in [1.29, 1.82) is 0 Å². The van der Waals surface area contributed by atoms with Crippen molar-refractivity contribution in [3.8, 4) is 5.75 Å². The SMILES string of the molecule is NC(=O)C(Cc1ccccc1)NC(=O)CNC(=O)c1ccc(OCCCCCC[n+]2ccccc2)cc1. The lowest BCUT2D eigenvalue weighted by atomic mass is 10.1. The van der Waals surface area contributed by atoms with Crippen molar-refractivity contribution in [2.45, 2.75) is 44.7 Å². The number of aryl methyl sites for hydroxylation is 1. The number of carbonyl (C=O) groups is 3. The Morgan fingerprint density at radius 3 is 2.22 bits per heavy atom. The minimum absolute atomic E-state index is 0.265. The van der Waals surface area contributed by atoms with Crippen LogP contribution in [0.5, 0.6) is 5.75 Å². The second-order valence-electron chi connectivity index (χ2n) is 8.80. The van der Waals surface area contributed by atoms with Crippen molar-refractivity contribution in [2.75, 3.05) is 13.2 Å². The van der Waals surface area contributed by atoms with Crippen molar-refractivity contribution in [3.05, 3.63) is 96.3 Å². The van der Waals surface area contributed by atoms with E-state index in [1.165, 1.54) is 0 Å². The first kappa shape index (κ1) is 27.4. The van der Waals surface area contributed by atoms with Crippen LogP contribution in [0.15, 0.2) is 85.2 Å². The number of rotatable bonds is 15. The second-order valence-corrected chi connectivity index (χ2v) is 8.80. The summed E-state index contributed by atoms with van der Waals surface area (Å²) in [4.78, 5) is 36.4. The number of nitrogens with two attached hydrogens (primary N) is 1. The van der Waals surface area contributed by atoms with Gasteiger partial charge in [0.2, 0.25) is 11.8 Å². The van der Waals surface area contributed by atoms with Gasteiger partial charge in [-0.25, -0.2) is 4.57 Å². The quantitative estimate of drug-likeness (QED) is 0.218. The predicted molar refractivity (Wildman–Crippen MR) is 141 cm³/mol. The standard InChI is InChI=1S/C29H34N4O4/c30-28(35)26(21-23-11-5-3-6-12-23)32-27(34)22-31-29(36)24-13-15-25(16-14-24)37-20-10-2-1-7-17-33-18-8-4-9-19-33/h3-6,8-9,11-16,18-19,26H,1-2,7,10,17,20-22H2,(H3-,30,31,32,34,35,36)/p+1. The molecule has 0 aliphatic rings. The first-order valence-corrected chi connectivity index (χ1v) is 12.6. The maximum atomic E-state index is 12.4. The first-order chi connectivity index (χ1) is 18.0. The van der Waals surface area contributed by atoms with E-state index in [0.29, 0.717) is 17.9 Å². The third-order valence-electron chi connectivity index (χ3n) is 5.84. The number of unbranched alkanes of at least 4 members (excludes halogenated alkanes) is 3. The number of ether oxygens (including phenoxy) is 1. The highest BCUT2D eigenvalue weighted by molar-refractivity contribution is 5.97. The van der Waals surface area contributed by atoms with Gasteiger partial charge in [0.25, 0.3) is 5.91 Å². The Labute approximate surface area is 217 Å². The summed E-state index contributed by atoms with van der Waals surface area (Å²) in [6.07, 6.45) is 8.77. The molecule has 1 atom stereocenters.